The van der Waals surface area contributed by atoms with Crippen molar-refractivity contribution in [3.63, 3.8) is 0 Å². The Morgan fingerprint density at radius 2 is 2.25 bits per heavy atom. The standard InChI is InChI=1S/C14H14ClN5O4/c1-8-16-17-13-7-18(12(14(21)22)6-19(8)13)5-9-4-10(20(23)24)2-3-11(9)15/h2-4,12H,5-7H2,1H3,(H,21,22). The van der Waals surface area contributed by atoms with E-state index in [0.29, 0.717) is 22.2 Å². The number of rotatable bonds is 4. The first kappa shape index (κ1) is 16.3. The van der Waals surface area contributed by atoms with Gasteiger partial charge >= 0.3 is 5.97 Å². The zero-order valence-electron chi connectivity index (χ0n) is 12.7. The summed E-state index contributed by atoms with van der Waals surface area (Å²) in [5.41, 5.74) is 0.416. The van der Waals surface area contributed by atoms with E-state index in [-0.39, 0.29) is 25.3 Å². The van der Waals surface area contributed by atoms with Crippen LogP contribution in [0.4, 0.5) is 5.69 Å². The van der Waals surface area contributed by atoms with Crippen molar-refractivity contribution >= 4 is 23.3 Å². The van der Waals surface area contributed by atoms with Crippen molar-refractivity contribution < 1.29 is 14.8 Å². The number of hydrogen-bond donors (Lipinski definition) is 1. The molecule has 1 N–H and O–H groups in total. The number of aryl methyl sites for hydroxylation is 1. The lowest BCUT2D eigenvalue weighted by Gasteiger charge is -2.33. The quantitative estimate of drug-likeness (QED) is 0.657. The van der Waals surface area contributed by atoms with Crippen molar-refractivity contribution in [3.05, 3.63) is 50.5 Å². The molecule has 126 valence electrons. The van der Waals surface area contributed by atoms with Crippen molar-refractivity contribution in [1.82, 2.24) is 19.7 Å². The SMILES string of the molecule is Cc1nnc2n1CC(C(=O)O)N(Cc1cc([N+](=O)[O-])ccc1Cl)C2. The maximum atomic E-state index is 11.6. The van der Waals surface area contributed by atoms with Crippen molar-refractivity contribution in [1.29, 1.82) is 0 Å². The first-order valence-corrected chi connectivity index (χ1v) is 7.53. The Morgan fingerprint density at radius 1 is 1.50 bits per heavy atom. The van der Waals surface area contributed by atoms with E-state index in [1.165, 1.54) is 18.2 Å². The zero-order valence-corrected chi connectivity index (χ0v) is 13.5. The number of fused-ring (bicyclic) bond motifs is 1. The Kier molecular flexibility index (Phi) is 4.20. The Hall–Kier alpha value is -2.52. The van der Waals surface area contributed by atoms with Crippen LogP contribution in [0.5, 0.6) is 0 Å². The second-order valence-electron chi connectivity index (χ2n) is 5.57. The third-order valence-electron chi connectivity index (χ3n) is 4.05. The number of non-ortho nitro benzene ring substituents is 1. The first-order chi connectivity index (χ1) is 11.4. The third-order valence-corrected chi connectivity index (χ3v) is 4.42. The average Bonchev–Trinajstić information content (AvgIpc) is 2.89. The maximum absolute atomic E-state index is 11.6. The summed E-state index contributed by atoms with van der Waals surface area (Å²) in [4.78, 5) is 23.7. The van der Waals surface area contributed by atoms with E-state index in [0.717, 1.165) is 0 Å². The van der Waals surface area contributed by atoms with E-state index in [2.05, 4.69) is 10.2 Å². The molecule has 10 heteroatoms. The number of halogens is 1. The van der Waals surface area contributed by atoms with Gasteiger partial charge in [0.1, 0.15) is 17.7 Å². The maximum Gasteiger partial charge on any atom is 0.322 e. The Morgan fingerprint density at radius 3 is 2.92 bits per heavy atom. The molecule has 24 heavy (non-hydrogen) atoms. The van der Waals surface area contributed by atoms with Gasteiger partial charge in [0.05, 0.1) is 18.0 Å². The fourth-order valence-electron chi connectivity index (χ4n) is 2.77. The summed E-state index contributed by atoms with van der Waals surface area (Å²) >= 11 is 6.12. The van der Waals surface area contributed by atoms with E-state index in [9.17, 15) is 20.0 Å². The molecule has 1 aliphatic heterocycles. The second kappa shape index (κ2) is 6.17. The lowest BCUT2D eigenvalue weighted by atomic mass is 10.1. The number of hydrogen-bond acceptors (Lipinski definition) is 6. The van der Waals surface area contributed by atoms with Crippen molar-refractivity contribution in [3.8, 4) is 0 Å². The van der Waals surface area contributed by atoms with E-state index in [1.54, 1.807) is 16.4 Å². The van der Waals surface area contributed by atoms with Gasteiger partial charge in [0.25, 0.3) is 5.69 Å². The summed E-state index contributed by atoms with van der Waals surface area (Å²) in [6, 6.07) is 3.34. The minimum absolute atomic E-state index is 0.0858. The fraction of sp³-hybridized carbons (Fsp3) is 0.357. The first-order valence-electron chi connectivity index (χ1n) is 7.15. The Bertz CT molecular complexity index is 821. The molecule has 2 aromatic rings. The van der Waals surface area contributed by atoms with Gasteiger partial charge in [-0.25, -0.2) is 0 Å². The minimum Gasteiger partial charge on any atom is -0.480 e. The highest BCUT2D eigenvalue weighted by molar-refractivity contribution is 6.31. The van der Waals surface area contributed by atoms with Crippen LogP contribution in [0.3, 0.4) is 0 Å². The van der Waals surface area contributed by atoms with E-state index in [4.69, 9.17) is 11.6 Å². The molecule has 1 aliphatic rings. The molecule has 9 nitrogen and oxygen atoms in total. The minimum atomic E-state index is -0.977. The predicted molar refractivity (Wildman–Crippen MR) is 83.5 cm³/mol. The van der Waals surface area contributed by atoms with Gasteiger partial charge in [-0.1, -0.05) is 11.6 Å². The van der Waals surface area contributed by atoms with Gasteiger partial charge in [-0.05, 0) is 18.6 Å². The number of benzene rings is 1. The van der Waals surface area contributed by atoms with Crippen LogP contribution >= 0.6 is 11.6 Å². The number of aliphatic carboxylic acids is 1. The van der Waals surface area contributed by atoms with Crippen molar-refractivity contribution in [2.75, 3.05) is 0 Å². The van der Waals surface area contributed by atoms with Crippen LogP contribution in [0.2, 0.25) is 5.02 Å². The highest BCUT2D eigenvalue weighted by Gasteiger charge is 2.33. The van der Waals surface area contributed by atoms with E-state index < -0.39 is 16.9 Å². The number of aromatic nitrogens is 3. The summed E-state index contributed by atoms with van der Waals surface area (Å²) in [6.07, 6.45) is 0. The molecule has 0 spiro atoms. The highest BCUT2D eigenvalue weighted by Crippen LogP contribution is 2.26. The van der Waals surface area contributed by atoms with Crippen molar-refractivity contribution in [2.24, 2.45) is 0 Å². The molecule has 1 atom stereocenters. The van der Waals surface area contributed by atoms with Crippen LogP contribution in [0.15, 0.2) is 18.2 Å². The zero-order chi connectivity index (χ0) is 17.4. The van der Waals surface area contributed by atoms with Gasteiger partial charge in [-0.2, -0.15) is 0 Å². The molecule has 0 amide bonds. The molecule has 0 saturated heterocycles. The topological polar surface area (TPSA) is 114 Å². The Balaban J connectivity index is 1.92. The number of nitro benzene ring substituents is 1. The number of nitrogens with zero attached hydrogens (tertiary/aromatic N) is 5. The van der Waals surface area contributed by atoms with Gasteiger partial charge in [-0.15, -0.1) is 10.2 Å². The molecule has 0 radical (unpaired) electrons. The number of nitro groups is 1. The molecule has 0 saturated carbocycles. The summed E-state index contributed by atoms with van der Waals surface area (Å²) in [5.74, 6) is 0.339. The molecule has 1 aromatic heterocycles. The molecule has 3 rings (SSSR count). The van der Waals surface area contributed by atoms with Crippen LogP contribution in [0.1, 0.15) is 17.2 Å². The van der Waals surface area contributed by atoms with Crippen LogP contribution in [0, 0.1) is 17.0 Å². The average molecular weight is 352 g/mol. The van der Waals surface area contributed by atoms with E-state index in [1.807, 2.05) is 0 Å². The highest BCUT2D eigenvalue weighted by atomic mass is 35.5. The molecular formula is C14H14ClN5O4. The molecular weight excluding hydrogens is 338 g/mol. The number of carbonyl (C=O) groups is 1. The summed E-state index contributed by atoms with van der Waals surface area (Å²) in [5, 5.41) is 28.8. The summed E-state index contributed by atoms with van der Waals surface area (Å²) in [6.45, 7) is 2.43. The monoisotopic (exact) mass is 351 g/mol. The predicted octanol–water partition coefficient (Wildman–Crippen LogP) is 1.62. The molecule has 0 aliphatic carbocycles. The van der Waals surface area contributed by atoms with Crippen LogP contribution < -0.4 is 0 Å². The van der Waals surface area contributed by atoms with Gasteiger partial charge in [0.15, 0.2) is 0 Å². The smallest absolute Gasteiger partial charge is 0.322 e. The van der Waals surface area contributed by atoms with Crippen LogP contribution in [-0.4, -0.2) is 41.7 Å². The summed E-state index contributed by atoms with van der Waals surface area (Å²) in [7, 11) is 0. The summed E-state index contributed by atoms with van der Waals surface area (Å²) < 4.78 is 1.77. The largest absolute Gasteiger partial charge is 0.480 e. The Labute approximate surface area is 141 Å². The molecule has 1 unspecified atom stereocenters. The fourth-order valence-corrected chi connectivity index (χ4v) is 2.95. The van der Waals surface area contributed by atoms with Crippen LogP contribution in [0.25, 0.3) is 0 Å². The van der Waals surface area contributed by atoms with Gasteiger partial charge in [-0.3, -0.25) is 19.8 Å². The lowest BCUT2D eigenvalue weighted by Crippen LogP contribution is -2.47. The second-order valence-corrected chi connectivity index (χ2v) is 5.97. The lowest BCUT2D eigenvalue weighted by molar-refractivity contribution is -0.384. The molecule has 0 bridgehead atoms. The van der Waals surface area contributed by atoms with E-state index >= 15 is 0 Å². The van der Waals surface area contributed by atoms with Crippen LogP contribution in [-0.2, 0) is 24.4 Å². The van der Waals surface area contributed by atoms with Gasteiger partial charge in [0, 0.05) is 23.7 Å². The van der Waals surface area contributed by atoms with Crippen molar-refractivity contribution in [2.45, 2.75) is 32.6 Å². The molecule has 2 heterocycles. The number of carboxylic acids is 1. The normalized spacial score (nSPS) is 17.5. The van der Waals surface area contributed by atoms with Gasteiger partial charge in [0.2, 0.25) is 0 Å². The third kappa shape index (κ3) is 2.95. The molecule has 0 fully saturated rings. The number of carboxylic acid groups (broad SMARTS) is 1. The van der Waals surface area contributed by atoms with Gasteiger partial charge < -0.3 is 9.67 Å². The molecule has 1 aromatic carbocycles.